The molecule has 374 valence electrons. The molecule has 5 aliphatic heterocycles. The second-order valence-corrected chi connectivity index (χ2v) is 22.7. The number of likely N-dealkylation sites (tertiary alicyclic amines) is 3. The Kier molecular flexibility index (Phi) is 12.2. The number of hydrogen-bond acceptors (Lipinski definition) is 10. The molecule has 3 N–H and O–H groups in total. The number of hydrogen-bond donors (Lipinski definition) is 3. The van der Waals surface area contributed by atoms with Crippen LogP contribution in [0.25, 0.3) is 22.3 Å². The maximum atomic E-state index is 15.2. The number of amides is 5. The Labute approximate surface area is 416 Å². The number of imidazole rings is 1. The first-order valence-electron chi connectivity index (χ1n) is 27.1. The fraction of sp³-hybridized carbons (Fsp3) is 0.589. The number of aromatic nitrogens is 3. The lowest BCUT2D eigenvalue weighted by Crippen LogP contribution is -2.58. The molecule has 15 nitrogen and oxygen atoms in total. The Balaban J connectivity index is 0.697. The number of anilines is 3. The standard InChI is InChI=1S/C56H70N10O5/c1-34(2)65-33-57-47-31-46(60-51(50(47)65)59-41-15-16-41)37-10-18-45-48(28-37)66(43-29-42(30-43)62-23-4-3-5-24-62)55(71)56(45)21-26-63(27-22-56)54(70)38-20-25-64(32-38)53(69)36-8-13-40(14-9-36)58-39-11-6-35(7-12-39)44-17-19-49(67)61-52(44)68/h6-7,10-12,18,28,31,33-34,36,38,40-44,58H,3-5,8-9,13-17,19-27,29-30,32H2,1-2H3,(H,59,60)(H,61,67,68)/t36?,38-,40?,42?,43?,44-/m1/s1. The molecule has 15 heteroatoms. The van der Waals surface area contributed by atoms with Crippen molar-refractivity contribution in [3.8, 4) is 11.3 Å². The van der Waals surface area contributed by atoms with Crippen molar-refractivity contribution in [1.29, 1.82) is 0 Å². The number of piperidine rings is 3. The van der Waals surface area contributed by atoms with Crippen LogP contribution in [0.1, 0.15) is 140 Å². The van der Waals surface area contributed by atoms with Crippen LogP contribution in [-0.4, -0.2) is 122 Å². The van der Waals surface area contributed by atoms with Gasteiger partial charge in [-0.1, -0.05) is 30.7 Å². The summed E-state index contributed by atoms with van der Waals surface area (Å²) in [6.45, 7) is 8.76. The van der Waals surface area contributed by atoms with E-state index in [1.54, 1.807) is 0 Å². The Morgan fingerprint density at radius 1 is 0.746 bits per heavy atom. The first-order chi connectivity index (χ1) is 34.5. The molecule has 4 aromatic rings. The zero-order chi connectivity index (χ0) is 48.5. The van der Waals surface area contributed by atoms with Crippen molar-refractivity contribution in [3.63, 3.8) is 0 Å². The van der Waals surface area contributed by atoms with Crippen molar-refractivity contribution in [3.05, 3.63) is 66.0 Å². The largest absolute Gasteiger partial charge is 0.382 e. The molecule has 8 aliphatic rings. The third kappa shape index (κ3) is 8.67. The molecule has 0 unspecified atom stereocenters. The van der Waals surface area contributed by atoms with E-state index in [0.29, 0.717) is 70.4 Å². The molecule has 7 heterocycles. The van der Waals surface area contributed by atoms with Crippen LogP contribution < -0.4 is 20.9 Å². The van der Waals surface area contributed by atoms with Crippen molar-refractivity contribution < 1.29 is 24.0 Å². The van der Waals surface area contributed by atoms with Gasteiger partial charge in [-0.25, -0.2) is 9.97 Å². The summed E-state index contributed by atoms with van der Waals surface area (Å²) >= 11 is 0. The average Bonchev–Trinajstić information content (AvgIpc) is 3.76. The molecule has 12 rings (SSSR count). The highest BCUT2D eigenvalue weighted by Gasteiger charge is 2.56. The van der Waals surface area contributed by atoms with E-state index in [-0.39, 0.29) is 65.4 Å². The SMILES string of the molecule is CC(C)n1cnc2cc(-c3ccc4c(c3)N(C3CC(N5CCCCC5)C3)C(=O)C43CCN(C(=O)[C@@H]4CCN(C(=O)C5CCC(Nc6ccc([C@H]7CCC(=O)NC7=O)cc6)CC5)C4)CC3)nc(NC3CC3)c21. The molecule has 2 atom stereocenters. The maximum absolute atomic E-state index is 15.2. The summed E-state index contributed by atoms with van der Waals surface area (Å²) in [6.07, 6.45) is 16.1. The summed E-state index contributed by atoms with van der Waals surface area (Å²) < 4.78 is 2.20. The number of nitrogens with zero attached hydrogens (tertiary/aromatic N) is 7. The molecular formula is C56H70N10O5. The minimum atomic E-state index is -0.683. The topological polar surface area (TPSA) is 165 Å². The minimum Gasteiger partial charge on any atom is -0.382 e. The first-order valence-corrected chi connectivity index (χ1v) is 27.1. The van der Waals surface area contributed by atoms with Crippen LogP contribution in [0.5, 0.6) is 0 Å². The minimum absolute atomic E-state index is 0.0435. The van der Waals surface area contributed by atoms with Gasteiger partial charge in [0.1, 0.15) is 5.52 Å². The second-order valence-electron chi connectivity index (χ2n) is 22.7. The van der Waals surface area contributed by atoms with Crippen molar-refractivity contribution >= 4 is 57.8 Å². The first kappa shape index (κ1) is 46.3. The van der Waals surface area contributed by atoms with E-state index in [1.807, 2.05) is 40.4 Å². The van der Waals surface area contributed by atoms with Gasteiger partial charge in [0.05, 0.1) is 34.8 Å². The molecular weight excluding hydrogens is 893 g/mol. The Morgan fingerprint density at radius 2 is 1.46 bits per heavy atom. The summed E-state index contributed by atoms with van der Waals surface area (Å²) in [5.41, 5.74) is 7.10. The number of fused-ring (bicyclic) bond motifs is 3. The van der Waals surface area contributed by atoms with Crippen LogP contribution in [0.4, 0.5) is 17.2 Å². The Bertz CT molecular complexity index is 2720. The van der Waals surface area contributed by atoms with Crippen molar-refractivity contribution in [2.45, 2.75) is 158 Å². The summed E-state index contributed by atoms with van der Waals surface area (Å²) in [5.74, 6) is 0.346. The third-order valence-corrected chi connectivity index (χ3v) is 17.9. The normalized spacial score (nSPS) is 27.8. The van der Waals surface area contributed by atoms with Gasteiger partial charge in [-0.2, -0.15) is 0 Å². The van der Waals surface area contributed by atoms with Gasteiger partial charge in [0.15, 0.2) is 5.82 Å². The number of benzene rings is 2. The molecule has 3 aliphatic carbocycles. The van der Waals surface area contributed by atoms with E-state index in [0.717, 1.165) is 115 Å². The van der Waals surface area contributed by atoms with Gasteiger partial charge >= 0.3 is 0 Å². The predicted octanol–water partition coefficient (Wildman–Crippen LogP) is 7.52. The van der Waals surface area contributed by atoms with Crippen molar-refractivity contribution in [2.24, 2.45) is 11.8 Å². The lowest BCUT2D eigenvalue weighted by Gasteiger charge is -2.48. The third-order valence-electron chi connectivity index (χ3n) is 17.9. The Hall–Kier alpha value is -5.83. The zero-order valence-electron chi connectivity index (χ0n) is 41.5. The van der Waals surface area contributed by atoms with E-state index in [1.165, 1.54) is 19.3 Å². The van der Waals surface area contributed by atoms with Gasteiger partial charge in [0.25, 0.3) is 0 Å². The fourth-order valence-corrected chi connectivity index (χ4v) is 13.4. The molecule has 5 amide bonds. The monoisotopic (exact) mass is 963 g/mol. The number of nitrogens with one attached hydrogen (secondary N) is 3. The molecule has 3 saturated carbocycles. The van der Waals surface area contributed by atoms with Gasteiger partial charge in [-0.15, -0.1) is 0 Å². The van der Waals surface area contributed by atoms with Gasteiger partial charge in [0.2, 0.25) is 29.5 Å². The summed E-state index contributed by atoms with van der Waals surface area (Å²) in [6, 6.07) is 18.2. The zero-order valence-corrected chi connectivity index (χ0v) is 41.5. The highest BCUT2D eigenvalue weighted by molar-refractivity contribution is 6.09. The van der Waals surface area contributed by atoms with Gasteiger partial charge < -0.3 is 34.8 Å². The molecule has 7 fully saturated rings. The molecule has 0 radical (unpaired) electrons. The van der Waals surface area contributed by atoms with E-state index in [9.17, 15) is 19.2 Å². The van der Waals surface area contributed by atoms with Gasteiger partial charge in [-0.3, -0.25) is 29.3 Å². The number of imide groups is 1. The summed E-state index contributed by atoms with van der Waals surface area (Å²) in [5, 5.41) is 9.79. The maximum Gasteiger partial charge on any atom is 0.238 e. The summed E-state index contributed by atoms with van der Waals surface area (Å²) in [7, 11) is 0. The molecule has 4 saturated heterocycles. The van der Waals surface area contributed by atoms with Crippen LogP contribution in [0.3, 0.4) is 0 Å². The van der Waals surface area contributed by atoms with E-state index in [2.05, 4.69) is 68.4 Å². The van der Waals surface area contributed by atoms with Crippen molar-refractivity contribution in [1.82, 2.24) is 34.6 Å². The molecule has 0 bridgehead atoms. The fourth-order valence-electron chi connectivity index (χ4n) is 13.4. The Morgan fingerprint density at radius 3 is 2.18 bits per heavy atom. The lowest BCUT2D eigenvalue weighted by molar-refractivity contribution is -0.140. The van der Waals surface area contributed by atoms with Crippen LogP contribution in [0.2, 0.25) is 0 Å². The quantitative estimate of drug-likeness (QED) is 0.128. The molecule has 2 aromatic heterocycles. The van der Waals surface area contributed by atoms with Crippen molar-refractivity contribution in [2.75, 3.05) is 54.8 Å². The number of rotatable bonds is 11. The van der Waals surface area contributed by atoms with Gasteiger partial charge in [-0.05, 0) is 152 Å². The van der Waals surface area contributed by atoms with Crippen LogP contribution in [0.15, 0.2) is 54.9 Å². The second kappa shape index (κ2) is 18.7. The predicted molar refractivity (Wildman–Crippen MR) is 273 cm³/mol. The average molecular weight is 963 g/mol. The smallest absolute Gasteiger partial charge is 0.238 e. The van der Waals surface area contributed by atoms with Crippen LogP contribution >= 0.6 is 0 Å². The highest BCUT2D eigenvalue weighted by atomic mass is 16.2. The van der Waals surface area contributed by atoms with Crippen LogP contribution in [-0.2, 0) is 29.4 Å². The lowest BCUT2D eigenvalue weighted by atomic mass is 9.73. The van der Waals surface area contributed by atoms with E-state index >= 15 is 4.79 Å². The molecule has 2 aromatic carbocycles. The van der Waals surface area contributed by atoms with Crippen LogP contribution in [0, 0.1) is 11.8 Å². The number of carbonyl (C=O) groups excluding carboxylic acids is 5. The van der Waals surface area contributed by atoms with E-state index < -0.39 is 5.41 Å². The van der Waals surface area contributed by atoms with Gasteiger partial charge in [0, 0.05) is 85.7 Å². The van der Waals surface area contributed by atoms with E-state index in [4.69, 9.17) is 9.97 Å². The number of carbonyl (C=O) groups is 5. The summed E-state index contributed by atoms with van der Waals surface area (Å²) in [4.78, 5) is 86.3. The molecule has 71 heavy (non-hydrogen) atoms. The highest BCUT2D eigenvalue weighted by Crippen LogP contribution is 2.52. The molecule has 1 spiro atoms. The number of pyridine rings is 1.